The van der Waals surface area contributed by atoms with Crippen molar-refractivity contribution in [3.63, 3.8) is 0 Å². The second-order valence-corrected chi connectivity index (χ2v) is 33.5. The van der Waals surface area contributed by atoms with Crippen LogP contribution in [0.2, 0.25) is 5.02 Å². The van der Waals surface area contributed by atoms with Gasteiger partial charge >= 0.3 is 23.9 Å². The number of ether oxygens (including phenoxy) is 9. The Kier molecular flexibility index (Phi) is 25.3. The Hall–Kier alpha value is -9.01. The largest absolute Gasteiger partial charge is 0.490 e. The molecule has 2 aromatic carbocycles. The summed E-state index contributed by atoms with van der Waals surface area (Å²) in [6.45, 7) is 21.7. The molecule has 31 heteroatoms. The molecule has 0 radical (unpaired) electrons. The van der Waals surface area contributed by atoms with Gasteiger partial charge in [0, 0.05) is 110 Å². The Bertz CT molecular complexity index is 4760. The predicted octanol–water partition coefficient (Wildman–Crippen LogP) is 12.5. The zero-order chi connectivity index (χ0) is 79.3. The summed E-state index contributed by atoms with van der Waals surface area (Å²) in [5.74, 6) is -5.58. The van der Waals surface area contributed by atoms with Crippen molar-refractivity contribution in [2.75, 3.05) is 70.5 Å². The van der Waals surface area contributed by atoms with Gasteiger partial charge in [0.25, 0.3) is 11.8 Å². The van der Waals surface area contributed by atoms with Crippen molar-refractivity contribution in [2.24, 2.45) is 22.1 Å². The number of aromatic carboxylic acids is 2. The molecular weight excluding hydrogens is 1490 g/mol. The Balaban J connectivity index is 0.000000158. The summed E-state index contributed by atoms with van der Waals surface area (Å²) in [5.41, 5.74) is 6.29. The Morgan fingerprint density at radius 2 is 1.22 bits per heavy atom. The minimum Gasteiger partial charge on any atom is -0.490 e. The predicted molar refractivity (Wildman–Crippen MR) is 402 cm³/mol. The quantitative estimate of drug-likeness (QED) is 0.0986. The van der Waals surface area contributed by atoms with E-state index in [1.807, 2.05) is 61.2 Å². The molecule has 5 aromatic heterocycles. The molecule has 1 fully saturated rings. The van der Waals surface area contributed by atoms with Crippen LogP contribution in [0.1, 0.15) is 182 Å². The van der Waals surface area contributed by atoms with Gasteiger partial charge in [-0.25, -0.2) is 23.4 Å². The molecule has 9 aliphatic rings. The minimum absolute atomic E-state index is 0.0135. The summed E-state index contributed by atoms with van der Waals surface area (Å²) in [5, 5.41) is 18.0. The summed E-state index contributed by atoms with van der Waals surface area (Å²) in [6, 6.07) is 19.1. The number of aromatic nitrogens is 5. The van der Waals surface area contributed by atoms with Gasteiger partial charge in [-0.3, -0.25) is 14.3 Å². The fourth-order valence-corrected chi connectivity index (χ4v) is 17.3. The van der Waals surface area contributed by atoms with Crippen molar-refractivity contribution < 1.29 is 99.0 Å². The number of hydrogen-bond donors (Lipinski definition) is 3. The first kappa shape index (κ1) is 81.5. The minimum atomic E-state index is -3.71. The number of fused-ring (bicyclic) bond motifs is 9. The van der Waals surface area contributed by atoms with Gasteiger partial charge in [0.1, 0.15) is 38.0 Å². The Morgan fingerprint density at radius 3 is 1.77 bits per heavy atom. The number of nitrogens with zero attached hydrogens (tertiary/aromatic N) is 7. The van der Waals surface area contributed by atoms with Gasteiger partial charge in [0.15, 0.2) is 0 Å². The maximum atomic E-state index is 15.4. The molecule has 2 aliphatic carbocycles. The third-order valence-electron chi connectivity index (χ3n) is 20.6. The maximum absolute atomic E-state index is 15.4. The van der Waals surface area contributed by atoms with Crippen LogP contribution in [-0.2, 0) is 125 Å². The van der Waals surface area contributed by atoms with Crippen LogP contribution in [0, 0.1) is 35.6 Å². The van der Waals surface area contributed by atoms with E-state index in [9.17, 15) is 41.8 Å². The van der Waals surface area contributed by atoms with Crippen molar-refractivity contribution in [2.45, 2.75) is 175 Å². The normalized spacial score (nSPS) is 22.7. The van der Waals surface area contributed by atoms with E-state index >= 15 is 4.39 Å². The Morgan fingerprint density at radius 1 is 0.667 bits per heavy atom. The van der Waals surface area contributed by atoms with Crippen LogP contribution in [0.4, 0.5) is 18.9 Å². The van der Waals surface area contributed by atoms with Crippen molar-refractivity contribution in [3.05, 3.63) is 187 Å². The van der Waals surface area contributed by atoms with Gasteiger partial charge in [-0.05, 0) is 170 Å². The lowest BCUT2D eigenvalue weighted by Crippen LogP contribution is -2.49. The van der Waals surface area contributed by atoms with Crippen LogP contribution >= 0.6 is 11.6 Å². The number of methoxy groups -OCH3 is 1. The number of amides is 2. The summed E-state index contributed by atoms with van der Waals surface area (Å²) < 4.78 is 121. The van der Waals surface area contributed by atoms with Gasteiger partial charge in [-0.1, -0.05) is 36.7 Å². The number of hydrogen-bond acceptors (Lipinski definition) is 17. The van der Waals surface area contributed by atoms with E-state index in [-0.39, 0.29) is 71.2 Å². The number of halogens is 4. The lowest BCUT2D eigenvalue weighted by atomic mass is 9.68. The number of carbonyl (C=O) groups is 6. The van der Waals surface area contributed by atoms with Crippen molar-refractivity contribution in [1.29, 1.82) is 0 Å². The molecule has 3 N–H and O–H groups in total. The maximum Gasteiger partial charge on any atom is 0.343 e. The van der Waals surface area contributed by atoms with Crippen molar-refractivity contribution in [1.82, 2.24) is 27.6 Å². The molecular formula is C80H96ClF3N8O18S. The Labute approximate surface area is 647 Å². The van der Waals surface area contributed by atoms with E-state index in [4.69, 9.17) is 64.4 Å². The molecule has 12 heterocycles. The fourth-order valence-electron chi connectivity index (χ4n) is 15.2. The molecule has 2 amide bonds. The number of rotatable bonds is 7. The highest BCUT2D eigenvalue weighted by molar-refractivity contribution is 7.92. The SMILES string of the molecule is CC(C)(C)OC(=O)c1cc2n(c1)CCOC2.CC(C)(C)OC(=O)c1cc2n(c1F)CCOC2.CO[C@H]1/C=C/C[C@H](C)CS(=O)(NC(=O)c2cc3n(c2F)CCOC3)=NC(=O)c2ccc3c(c2)N(C[C@@H]2CC[C@H]21)C[C@@]1(CCCc2cc(Cl)ccc21)CO3.O=C(O)c1cc2n(c1)CCOC2.O=C(O)c1cc2n(c1F)CCOC2. The zero-order valence-electron chi connectivity index (χ0n) is 63.6. The molecule has 598 valence electrons. The number of anilines is 1. The zero-order valence-corrected chi connectivity index (χ0v) is 65.2. The standard InChI is InChI=1S/C40H46ClFN4O6S.C12H16FNO3.C12H17NO3.C8H8FNO3.C8H9NO3/c1-25-5-3-7-35(50-2)31-11-8-28(31)20-45-23-40(14-4-6-26-17-29(41)10-12-33(26)40)24-52-36-13-9-27(18-34(36)45)38(47)43-53(49,22-25)44-39(48)32-19-30-21-51-16-15-46(30)37(32)42;1-12(2,3)17-11(15)9-6-8-7-16-5-4-14(8)10(9)13;1-12(2,3)16-11(14)9-6-10-8-15-5-4-13(10)7-9;9-7-6(8(11)12)3-5-4-13-2-1-10(5)7;10-8(11)6-3-7-5-12-2-1-9(7)4-6/h3,7,9-10,12-13,17-19,25,28,31,35H,4-6,8,11,14-16,20-24H2,1-2H3,(H,43,44,47,48,49);6H,4-5,7H2,1-3H3;6-7H,4-5,8H2,1-3H3;3H,1-2,4H2,(H,11,12);3-4H,1-2,5H2,(H,10,11)/b7-3+;;;;/t25-,28-,31+,35-,40-,53?;;;;/m0..../s1. The van der Waals surface area contributed by atoms with E-state index in [2.05, 4.69) is 32.2 Å². The third kappa shape index (κ3) is 19.4. The summed E-state index contributed by atoms with van der Waals surface area (Å²) in [4.78, 5) is 74.7. The fraction of sp³-hybridized carbons (Fsp3) is 0.500. The lowest BCUT2D eigenvalue weighted by Gasteiger charge is -2.46. The average Bonchev–Trinajstić information content (AvgIpc) is 1.71. The first-order chi connectivity index (χ1) is 52.9. The van der Waals surface area contributed by atoms with Crippen LogP contribution in [0.3, 0.4) is 0 Å². The smallest absolute Gasteiger partial charge is 0.343 e. The number of carboxylic acid groups (broad SMARTS) is 2. The number of carbonyl (C=O) groups excluding carboxylic acids is 4. The molecule has 1 spiro atoms. The first-order valence-electron chi connectivity index (χ1n) is 37.3. The number of nitrogens with one attached hydrogen (secondary N) is 1. The second kappa shape index (κ2) is 34.5. The molecule has 6 atom stereocenters. The van der Waals surface area contributed by atoms with E-state index in [0.717, 1.165) is 73.8 Å². The van der Waals surface area contributed by atoms with Crippen LogP contribution in [0.15, 0.2) is 95.6 Å². The first-order valence-corrected chi connectivity index (χ1v) is 39.4. The lowest BCUT2D eigenvalue weighted by molar-refractivity contribution is 0.00536. The second-order valence-electron chi connectivity index (χ2n) is 31.1. The highest BCUT2D eigenvalue weighted by atomic mass is 35.5. The summed E-state index contributed by atoms with van der Waals surface area (Å²) >= 11 is 6.46. The van der Waals surface area contributed by atoms with Gasteiger partial charge in [0.05, 0.1) is 107 Å². The summed E-state index contributed by atoms with van der Waals surface area (Å²) in [7, 11) is -1.97. The monoisotopic (exact) mass is 1580 g/mol. The van der Waals surface area contributed by atoms with Crippen LogP contribution < -0.4 is 14.4 Å². The van der Waals surface area contributed by atoms with Gasteiger partial charge in [0.2, 0.25) is 17.8 Å². The number of carboxylic acids is 2. The number of allylic oxidation sites excluding steroid dienone is 1. The highest BCUT2D eigenvalue weighted by Gasteiger charge is 2.45. The van der Waals surface area contributed by atoms with Crippen molar-refractivity contribution >= 4 is 62.9 Å². The van der Waals surface area contributed by atoms with Crippen LogP contribution in [0.5, 0.6) is 5.75 Å². The summed E-state index contributed by atoms with van der Waals surface area (Å²) in [6.07, 6.45) is 13.1. The van der Waals surface area contributed by atoms with Gasteiger partial charge < -0.3 is 80.6 Å². The molecule has 111 heavy (non-hydrogen) atoms. The highest BCUT2D eigenvalue weighted by Crippen LogP contribution is 2.47. The van der Waals surface area contributed by atoms with Crippen LogP contribution in [-0.4, -0.2) is 156 Å². The number of esters is 2. The molecule has 1 saturated carbocycles. The number of benzene rings is 2. The van der Waals surface area contributed by atoms with Crippen LogP contribution in [0.25, 0.3) is 0 Å². The van der Waals surface area contributed by atoms with Crippen molar-refractivity contribution in [3.8, 4) is 5.75 Å². The van der Waals surface area contributed by atoms with Gasteiger partial charge in [-0.2, -0.15) is 13.2 Å². The molecule has 2 bridgehead atoms. The molecule has 26 nitrogen and oxygen atoms in total. The third-order valence-corrected chi connectivity index (χ3v) is 22.9. The average molecular weight is 1580 g/mol. The van der Waals surface area contributed by atoms with E-state index in [1.54, 1.807) is 58.3 Å². The van der Waals surface area contributed by atoms with Gasteiger partial charge in [-0.15, -0.1) is 4.36 Å². The molecule has 7 aliphatic heterocycles. The van der Waals surface area contributed by atoms with E-state index < -0.39 is 68.7 Å². The van der Waals surface area contributed by atoms with E-state index in [1.165, 1.54) is 43.0 Å². The topological polar surface area (TPSA) is 295 Å². The molecule has 1 unspecified atom stereocenters. The van der Waals surface area contributed by atoms with E-state index in [0.29, 0.717) is 131 Å². The molecule has 7 aromatic rings. The molecule has 16 rings (SSSR count). The number of aryl methyl sites for hydroxylation is 1. The molecule has 0 saturated heterocycles.